The first-order valence-corrected chi connectivity index (χ1v) is 7.26. The van der Waals surface area contributed by atoms with Crippen molar-refractivity contribution in [2.24, 2.45) is 10.9 Å². The second kappa shape index (κ2) is 7.68. The lowest BCUT2D eigenvalue weighted by Crippen LogP contribution is -2.26. The van der Waals surface area contributed by atoms with E-state index in [2.05, 4.69) is 17.4 Å². The van der Waals surface area contributed by atoms with Crippen LogP contribution in [0.2, 0.25) is 0 Å². The van der Waals surface area contributed by atoms with Crippen molar-refractivity contribution in [3.05, 3.63) is 35.4 Å². The number of amides is 1. The highest BCUT2D eigenvalue weighted by Crippen LogP contribution is 2.09. The molecule has 5 nitrogen and oxygen atoms in total. The van der Waals surface area contributed by atoms with E-state index >= 15 is 0 Å². The Kier molecular flexibility index (Phi) is 6.21. The molecule has 0 fully saturated rings. The molecular weight excluding hydrogens is 262 g/mol. The largest absolute Gasteiger partial charge is 0.409 e. The molecule has 104 valence electrons. The van der Waals surface area contributed by atoms with E-state index in [0.29, 0.717) is 22.9 Å². The van der Waals surface area contributed by atoms with Crippen LogP contribution in [0.3, 0.4) is 0 Å². The summed E-state index contributed by atoms with van der Waals surface area (Å²) in [5.41, 5.74) is 6.51. The Balaban J connectivity index is 2.62. The minimum atomic E-state index is -0.152. The summed E-state index contributed by atoms with van der Waals surface area (Å²) in [6, 6.07) is 6.68. The van der Waals surface area contributed by atoms with Gasteiger partial charge in [0.15, 0.2) is 5.84 Å². The van der Waals surface area contributed by atoms with Gasteiger partial charge in [-0.15, -0.1) is 0 Å². The fourth-order valence-electron chi connectivity index (χ4n) is 1.49. The van der Waals surface area contributed by atoms with Crippen LogP contribution in [0.25, 0.3) is 0 Å². The number of carbonyl (C=O) groups excluding carboxylic acids is 1. The Hall–Kier alpha value is -1.69. The number of thioether (sulfide) groups is 1. The third kappa shape index (κ3) is 4.82. The molecule has 4 N–H and O–H groups in total. The first kappa shape index (κ1) is 15.4. The molecule has 0 heterocycles. The molecule has 1 amide bonds. The Bertz CT molecular complexity index is 463. The lowest BCUT2D eigenvalue weighted by atomic mass is 10.1. The first-order chi connectivity index (χ1) is 9.08. The standard InChI is InChI=1S/C13H19N3O2S/c1-9(19-2)6-7-15-13(17)11-5-3-4-10(8-11)12(14)16-18/h3-5,8-9,18H,6-7H2,1-2H3,(H2,14,16)(H,15,17). The van der Waals surface area contributed by atoms with Crippen LogP contribution in [0.5, 0.6) is 0 Å². The average molecular weight is 281 g/mol. The van der Waals surface area contributed by atoms with Crippen molar-refractivity contribution in [3.63, 3.8) is 0 Å². The predicted octanol–water partition coefficient (Wildman–Crippen LogP) is 1.65. The minimum Gasteiger partial charge on any atom is -0.409 e. The molecule has 1 aromatic carbocycles. The molecule has 0 aliphatic rings. The molecule has 0 spiro atoms. The third-order valence-electron chi connectivity index (χ3n) is 2.77. The molecule has 1 aromatic rings. The van der Waals surface area contributed by atoms with Gasteiger partial charge < -0.3 is 16.3 Å². The fourth-order valence-corrected chi connectivity index (χ4v) is 1.84. The van der Waals surface area contributed by atoms with Crippen molar-refractivity contribution in [1.29, 1.82) is 0 Å². The summed E-state index contributed by atoms with van der Waals surface area (Å²) >= 11 is 1.77. The van der Waals surface area contributed by atoms with E-state index in [1.54, 1.807) is 36.0 Å². The quantitative estimate of drug-likeness (QED) is 0.320. The van der Waals surface area contributed by atoms with E-state index in [1.807, 2.05) is 6.26 Å². The van der Waals surface area contributed by atoms with Crippen molar-refractivity contribution < 1.29 is 10.0 Å². The smallest absolute Gasteiger partial charge is 0.251 e. The van der Waals surface area contributed by atoms with Crippen LogP contribution in [-0.2, 0) is 0 Å². The number of nitrogens with zero attached hydrogens (tertiary/aromatic N) is 1. The molecule has 0 aromatic heterocycles. The summed E-state index contributed by atoms with van der Waals surface area (Å²) in [7, 11) is 0. The van der Waals surface area contributed by atoms with Crippen LogP contribution >= 0.6 is 11.8 Å². The van der Waals surface area contributed by atoms with Crippen LogP contribution in [0.4, 0.5) is 0 Å². The van der Waals surface area contributed by atoms with Gasteiger partial charge in [0, 0.05) is 22.9 Å². The molecule has 0 saturated heterocycles. The highest BCUT2D eigenvalue weighted by Gasteiger charge is 2.08. The molecule has 0 bridgehead atoms. The van der Waals surface area contributed by atoms with Crippen molar-refractivity contribution in [1.82, 2.24) is 5.32 Å². The number of hydrogen-bond donors (Lipinski definition) is 3. The van der Waals surface area contributed by atoms with E-state index in [0.717, 1.165) is 6.42 Å². The minimum absolute atomic E-state index is 0.00865. The van der Waals surface area contributed by atoms with Gasteiger partial charge in [-0.3, -0.25) is 4.79 Å². The number of nitrogens with two attached hydrogens (primary N) is 1. The number of hydrogen-bond acceptors (Lipinski definition) is 4. The van der Waals surface area contributed by atoms with Crippen molar-refractivity contribution in [2.45, 2.75) is 18.6 Å². The fraction of sp³-hybridized carbons (Fsp3) is 0.385. The van der Waals surface area contributed by atoms with Gasteiger partial charge in [-0.25, -0.2) is 0 Å². The zero-order chi connectivity index (χ0) is 14.3. The second-order valence-corrected chi connectivity index (χ2v) is 5.43. The zero-order valence-electron chi connectivity index (χ0n) is 11.1. The van der Waals surface area contributed by atoms with E-state index < -0.39 is 0 Å². The monoisotopic (exact) mass is 281 g/mol. The van der Waals surface area contributed by atoms with Gasteiger partial charge in [0.05, 0.1) is 0 Å². The third-order valence-corrected chi connectivity index (χ3v) is 3.81. The topological polar surface area (TPSA) is 87.7 Å². The molecule has 0 radical (unpaired) electrons. The molecule has 19 heavy (non-hydrogen) atoms. The lowest BCUT2D eigenvalue weighted by molar-refractivity contribution is 0.0953. The second-order valence-electron chi connectivity index (χ2n) is 4.16. The van der Waals surface area contributed by atoms with Gasteiger partial charge in [-0.1, -0.05) is 24.2 Å². The highest BCUT2D eigenvalue weighted by molar-refractivity contribution is 7.99. The molecule has 1 atom stereocenters. The molecule has 6 heteroatoms. The maximum Gasteiger partial charge on any atom is 0.251 e. The van der Waals surface area contributed by atoms with Crippen LogP contribution in [0.1, 0.15) is 29.3 Å². The van der Waals surface area contributed by atoms with Crippen molar-refractivity contribution in [2.75, 3.05) is 12.8 Å². The molecule has 1 unspecified atom stereocenters. The number of nitrogens with one attached hydrogen (secondary N) is 1. The van der Waals surface area contributed by atoms with E-state index in [-0.39, 0.29) is 11.7 Å². The van der Waals surface area contributed by atoms with Crippen molar-refractivity contribution in [3.8, 4) is 0 Å². The number of oxime groups is 1. The van der Waals surface area contributed by atoms with Crippen molar-refractivity contribution >= 4 is 23.5 Å². The molecule has 1 rings (SSSR count). The zero-order valence-corrected chi connectivity index (χ0v) is 11.9. The van der Waals surface area contributed by atoms with E-state index in [9.17, 15) is 4.79 Å². The predicted molar refractivity (Wildman–Crippen MR) is 78.9 cm³/mol. The summed E-state index contributed by atoms with van der Waals surface area (Å²) in [6.07, 6.45) is 2.97. The maximum absolute atomic E-state index is 11.9. The normalized spacial score (nSPS) is 13.1. The Morgan fingerprint density at radius 2 is 2.21 bits per heavy atom. The van der Waals surface area contributed by atoms with E-state index in [4.69, 9.17) is 10.9 Å². The summed E-state index contributed by atoms with van der Waals surface area (Å²) in [5.74, 6) is -0.161. The summed E-state index contributed by atoms with van der Waals surface area (Å²) in [4.78, 5) is 11.9. The van der Waals surface area contributed by atoms with Gasteiger partial charge in [0.2, 0.25) is 0 Å². The molecular formula is C13H19N3O2S. The van der Waals surface area contributed by atoms with Crippen LogP contribution in [-0.4, -0.2) is 35.0 Å². The summed E-state index contributed by atoms with van der Waals surface area (Å²) < 4.78 is 0. The average Bonchev–Trinajstić information content (AvgIpc) is 2.46. The Morgan fingerprint density at radius 1 is 1.53 bits per heavy atom. The van der Waals surface area contributed by atoms with Gasteiger partial charge in [-0.2, -0.15) is 11.8 Å². The van der Waals surface area contributed by atoms with Crippen LogP contribution in [0, 0.1) is 0 Å². The number of amidine groups is 1. The maximum atomic E-state index is 11.9. The number of rotatable bonds is 6. The van der Waals surface area contributed by atoms with Gasteiger partial charge in [0.1, 0.15) is 0 Å². The van der Waals surface area contributed by atoms with Gasteiger partial charge in [0.25, 0.3) is 5.91 Å². The summed E-state index contributed by atoms with van der Waals surface area (Å²) in [5, 5.41) is 14.9. The first-order valence-electron chi connectivity index (χ1n) is 5.97. The summed E-state index contributed by atoms with van der Waals surface area (Å²) in [6.45, 7) is 2.75. The highest BCUT2D eigenvalue weighted by atomic mass is 32.2. The van der Waals surface area contributed by atoms with E-state index in [1.165, 1.54) is 0 Å². The van der Waals surface area contributed by atoms with Crippen LogP contribution < -0.4 is 11.1 Å². The Morgan fingerprint density at radius 3 is 2.84 bits per heavy atom. The molecule has 0 saturated carbocycles. The van der Waals surface area contributed by atoms with Gasteiger partial charge in [-0.05, 0) is 24.8 Å². The van der Waals surface area contributed by atoms with Crippen LogP contribution in [0.15, 0.2) is 29.4 Å². The molecule has 0 aliphatic heterocycles. The SMILES string of the molecule is CSC(C)CCNC(=O)c1cccc(/C(N)=N/O)c1. The molecule has 0 aliphatic carbocycles. The number of benzene rings is 1. The number of carbonyl (C=O) groups is 1. The Labute approximate surface area is 117 Å². The lowest BCUT2D eigenvalue weighted by Gasteiger charge is -2.09. The van der Waals surface area contributed by atoms with Gasteiger partial charge >= 0.3 is 0 Å².